The zero-order valence-corrected chi connectivity index (χ0v) is 8.78. The minimum atomic E-state index is 0.367. The third-order valence-corrected chi connectivity index (χ3v) is 3.69. The Bertz CT molecular complexity index is 341. The number of carbonyl (C=O) groups is 1. The van der Waals surface area contributed by atoms with Crippen LogP contribution in [0, 0.1) is 0 Å². The molecular formula is C10H13NOS. The summed E-state index contributed by atoms with van der Waals surface area (Å²) < 4.78 is 0. The fourth-order valence-electron chi connectivity index (χ4n) is 1.51. The zero-order valence-electron chi connectivity index (χ0n) is 7.96. The molecule has 70 valence electrons. The van der Waals surface area contributed by atoms with Gasteiger partial charge >= 0.3 is 0 Å². The molecule has 0 unspecified atom stereocenters. The molecule has 3 heteroatoms. The van der Waals surface area contributed by atoms with Crippen molar-refractivity contribution in [2.45, 2.75) is 39.0 Å². The monoisotopic (exact) mass is 195 g/mol. The number of fused-ring (bicyclic) bond motifs is 1. The number of Topliss-reactive ketones (excluding diaryl/α,β-unsaturated/α-hetero) is 1. The van der Waals surface area contributed by atoms with Crippen molar-refractivity contribution in [3.05, 3.63) is 15.6 Å². The van der Waals surface area contributed by atoms with Gasteiger partial charge in [0.1, 0.15) is 5.78 Å². The molecule has 0 fully saturated rings. The highest BCUT2D eigenvalue weighted by atomic mass is 32.1. The van der Waals surface area contributed by atoms with E-state index < -0.39 is 0 Å². The second-order valence-corrected chi connectivity index (χ2v) is 4.91. The van der Waals surface area contributed by atoms with E-state index in [-0.39, 0.29) is 0 Å². The molecule has 1 aliphatic carbocycles. The molecule has 0 aromatic carbocycles. The lowest BCUT2D eigenvalue weighted by Crippen LogP contribution is -2.11. The second-order valence-electron chi connectivity index (χ2n) is 3.79. The summed E-state index contributed by atoms with van der Waals surface area (Å²) in [4.78, 5) is 16.9. The van der Waals surface area contributed by atoms with Crippen molar-refractivity contribution in [3.8, 4) is 0 Å². The first-order valence-electron chi connectivity index (χ1n) is 4.67. The molecule has 0 amide bonds. The maximum absolute atomic E-state index is 11.2. The Morgan fingerprint density at radius 3 is 2.85 bits per heavy atom. The molecule has 2 nitrogen and oxygen atoms in total. The second kappa shape index (κ2) is 3.22. The Morgan fingerprint density at radius 1 is 1.38 bits per heavy atom. The first kappa shape index (κ1) is 8.88. The fraction of sp³-hybridized carbons (Fsp3) is 0.600. The summed E-state index contributed by atoms with van der Waals surface area (Å²) in [5.41, 5.74) is 1.17. The van der Waals surface area contributed by atoms with Gasteiger partial charge in [-0.05, 0) is 6.42 Å². The van der Waals surface area contributed by atoms with Crippen molar-refractivity contribution in [2.24, 2.45) is 0 Å². The molecule has 0 saturated carbocycles. The summed E-state index contributed by atoms with van der Waals surface area (Å²) in [6.07, 6.45) is 2.17. The highest BCUT2D eigenvalue weighted by Crippen LogP contribution is 2.29. The van der Waals surface area contributed by atoms with Crippen LogP contribution in [0.25, 0.3) is 0 Å². The van der Waals surface area contributed by atoms with Gasteiger partial charge < -0.3 is 0 Å². The van der Waals surface area contributed by atoms with Crippen LogP contribution < -0.4 is 0 Å². The Balaban J connectivity index is 2.33. The predicted molar refractivity (Wildman–Crippen MR) is 53.2 cm³/mol. The third-order valence-electron chi connectivity index (χ3n) is 2.29. The lowest BCUT2D eigenvalue weighted by Gasteiger charge is -2.06. The molecular weight excluding hydrogens is 182 g/mol. The summed E-state index contributed by atoms with van der Waals surface area (Å²) in [7, 11) is 0. The molecule has 13 heavy (non-hydrogen) atoms. The molecule has 1 aromatic rings. The topological polar surface area (TPSA) is 30.0 Å². The first-order chi connectivity index (χ1) is 6.16. The van der Waals surface area contributed by atoms with Crippen molar-refractivity contribution < 1.29 is 4.79 Å². The number of nitrogens with zero attached hydrogens (tertiary/aromatic N) is 1. The lowest BCUT2D eigenvalue weighted by atomic mass is 10.0. The number of hydrogen-bond donors (Lipinski definition) is 0. The van der Waals surface area contributed by atoms with E-state index in [1.165, 1.54) is 15.6 Å². The van der Waals surface area contributed by atoms with Gasteiger partial charge in [0.15, 0.2) is 0 Å². The zero-order chi connectivity index (χ0) is 9.42. The standard InChI is InChI=1S/C10H13NOS/c1-6(2)10-11-8-4-3-7(12)5-9(8)13-10/h6H,3-5H2,1-2H3. The number of aryl methyl sites for hydroxylation is 1. The van der Waals surface area contributed by atoms with Gasteiger partial charge in [0.05, 0.1) is 10.7 Å². The van der Waals surface area contributed by atoms with E-state index in [9.17, 15) is 4.79 Å². The minimum Gasteiger partial charge on any atom is -0.299 e. The normalized spacial score (nSPS) is 16.4. The van der Waals surface area contributed by atoms with Gasteiger partial charge in [-0.25, -0.2) is 4.98 Å². The van der Waals surface area contributed by atoms with Crippen LogP contribution in [0.1, 0.15) is 41.8 Å². The van der Waals surface area contributed by atoms with E-state index in [0.29, 0.717) is 24.5 Å². The summed E-state index contributed by atoms with van der Waals surface area (Å²) in [6.45, 7) is 4.29. The van der Waals surface area contributed by atoms with Crippen LogP contribution in [-0.2, 0) is 17.6 Å². The summed E-state index contributed by atoms with van der Waals surface area (Å²) in [6, 6.07) is 0. The van der Waals surface area contributed by atoms with Crippen LogP contribution in [0.15, 0.2) is 0 Å². The van der Waals surface area contributed by atoms with Crippen molar-refractivity contribution in [3.63, 3.8) is 0 Å². The van der Waals surface area contributed by atoms with E-state index in [2.05, 4.69) is 18.8 Å². The molecule has 0 aliphatic heterocycles. The first-order valence-corrected chi connectivity index (χ1v) is 5.48. The predicted octanol–water partition coefficient (Wildman–Crippen LogP) is 2.32. The Morgan fingerprint density at radius 2 is 2.15 bits per heavy atom. The molecule has 2 rings (SSSR count). The van der Waals surface area contributed by atoms with E-state index in [0.717, 1.165) is 6.42 Å². The Labute approximate surface area is 82.0 Å². The number of hydrogen-bond acceptors (Lipinski definition) is 3. The van der Waals surface area contributed by atoms with Crippen molar-refractivity contribution >= 4 is 17.1 Å². The van der Waals surface area contributed by atoms with Gasteiger partial charge in [-0.15, -0.1) is 11.3 Å². The van der Waals surface area contributed by atoms with Crippen molar-refractivity contribution in [2.75, 3.05) is 0 Å². The SMILES string of the molecule is CC(C)c1nc2c(s1)CC(=O)CC2. The average molecular weight is 195 g/mol. The van der Waals surface area contributed by atoms with Gasteiger partial charge in [-0.3, -0.25) is 4.79 Å². The molecule has 1 aromatic heterocycles. The lowest BCUT2D eigenvalue weighted by molar-refractivity contribution is -0.118. The number of ketones is 1. The van der Waals surface area contributed by atoms with Gasteiger partial charge in [-0.2, -0.15) is 0 Å². The highest BCUT2D eigenvalue weighted by molar-refractivity contribution is 7.12. The van der Waals surface area contributed by atoms with Crippen LogP contribution in [0.3, 0.4) is 0 Å². The van der Waals surface area contributed by atoms with E-state index in [4.69, 9.17) is 0 Å². The Kier molecular flexibility index (Phi) is 2.20. The maximum atomic E-state index is 11.2. The van der Waals surface area contributed by atoms with Crippen LogP contribution >= 0.6 is 11.3 Å². The van der Waals surface area contributed by atoms with Crippen LogP contribution in [0.5, 0.6) is 0 Å². The van der Waals surface area contributed by atoms with Gasteiger partial charge in [-0.1, -0.05) is 13.8 Å². The fourth-order valence-corrected chi connectivity index (χ4v) is 2.65. The smallest absolute Gasteiger partial charge is 0.138 e. The van der Waals surface area contributed by atoms with Crippen LogP contribution in [0.4, 0.5) is 0 Å². The number of thiazole rings is 1. The molecule has 0 spiro atoms. The third kappa shape index (κ3) is 1.66. The van der Waals surface area contributed by atoms with Crippen molar-refractivity contribution in [1.29, 1.82) is 0 Å². The molecule has 1 aliphatic rings. The Hall–Kier alpha value is -0.700. The molecule has 0 atom stereocenters. The number of aromatic nitrogens is 1. The van der Waals surface area contributed by atoms with Gasteiger partial charge in [0.25, 0.3) is 0 Å². The molecule has 0 radical (unpaired) electrons. The molecule has 1 heterocycles. The van der Waals surface area contributed by atoms with Gasteiger partial charge in [0.2, 0.25) is 0 Å². The molecule has 0 N–H and O–H groups in total. The summed E-state index contributed by atoms with van der Waals surface area (Å²) >= 11 is 1.72. The number of rotatable bonds is 1. The molecule has 0 bridgehead atoms. The summed E-state index contributed by atoms with van der Waals surface area (Å²) in [5, 5.41) is 1.18. The van der Waals surface area contributed by atoms with Crippen LogP contribution in [-0.4, -0.2) is 10.8 Å². The average Bonchev–Trinajstić information content (AvgIpc) is 2.46. The minimum absolute atomic E-state index is 0.367. The number of carbonyl (C=O) groups excluding carboxylic acids is 1. The maximum Gasteiger partial charge on any atom is 0.138 e. The largest absolute Gasteiger partial charge is 0.299 e. The van der Waals surface area contributed by atoms with Crippen molar-refractivity contribution in [1.82, 2.24) is 4.98 Å². The van der Waals surface area contributed by atoms with E-state index in [1.54, 1.807) is 11.3 Å². The highest BCUT2D eigenvalue weighted by Gasteiger charge is 2.20. The van der Waals surface area contributed by atoms with Crippen LogP contribution in [0.2, 0.25) is 0 Å². The van der Waals surface area contributed by atoms with Gasteiger partial charge in [0, 0.05) is 23.6 Å². The quantitative estimate of drug-likeness (QED) is 0.688. The van der Waals surface area contributed by atoms with E-state index >= 15 is 0 Å². The molecule has 0 saturated heterocycles. The summed E-state index contributed by atoms with van der Waals surface area (Å²) in [5.74, 6) is 0.858. The van der Waals surface area contributed by atoms with E-state index in [1.807, 2.05) is 0 Å².